The predicted molar refractivity (Wildman–Crippen MR) is 95.8 cm³/mol. The number of carbonyl (C=O) groups excluding carboxylic acids is 3. The third kappa shape index (κ3) is 3.18. The zero-order valence-electron chi connectivity index (χ0n) is 14.8. The summed E-state index contributed by atoms with van der Waals surface area (Å²) in [7, 11) is 0. The van der Waals surface area contributed by atoms with Gasteiger partial charge in [-0.2, -0.15) is 0 Å². The Labute approximate surface area is 150 Å². The monoisotopic (exact) mass is 359 g/mol. The zero-order chi connectivity index (χ0) is 18.3. The van der Waals surface area contributed by atoms with Crippen LogP contribution in [-0.4, -0.2) is 28.6 Å². The number of aromatic nitrogens is 1. The molecular formula is C19H21NO4S. The van der Waals surface area contributed by atoms with E-state index in [1.54, 1.807) is 20.8 Å². The number of fused-ring (bicyclic) bond motifs is 1. The molecule has 1 aliphatic rings. The number of aryl methyl sites for hydroxylation is 3. The number of rotatable bonds is 5. The second kappa shape index (κ2) is 6.59. The fourth-order valence-electron chi connectivity index (χ4n) is 3.43. The third-order valence-electron chi connectivity index (χ3n) is 4.64. The number of H-pyrrole nitrogens is 1. The van der Waals surface area contributed by atoms with Crippen LogP contribution < -0.4 is 0 Å². The molecule has 0 amide bonds. The van der Waals surface area contributed by atoms with Gasteiger partial charge in [0.1, 0.15) is 4.88 Å². The molecule has 0 saturated carbocycles. The van der Waals surface area contributed by atoms with Crippen LogP contribution in [0.5, 0.6) is 0 Å². The smallest absolute Gasteiger partial charge is 0.349 e. The minimum Gasteiger partial charge on any atom is -0.450 e. The fourth-order valence-corrected chi connectivity index (χ4v) is 4.57. The summed E-state index contributed by atoms with van der Waals surface area (Å²) in [5.74, 6) is -0.887. The topological polar surface area (TPSA) is 76.2 Å². The number of ketones is 2. The summed E-state index contributed by atoms with van der Waals surface area (Å²) < 4.78 is 5.37. The SMILES string of the molecule is CC(=O)c1c(C)[nH]c(C(=O)[C@@H](C)OC(=O)c2cc3c(s2)CCC3)c1C. The summed E-state index contributed by atoms with van der Waals surface area (Å²) in [6.07, 6.45) is 2.23. The van der Waals surface area contributed by atoms with Crippen molar-refractivity contribution in [3.8, 4) is 0 Å². The zero-order valence-corrected chi connectivity index (χ0v) is 15.6. The van der Waals surface area contributed by atoms with Gasteiger partial charge in [0, 0.05) is 16.1 Å². The highest BCUT2D eigenvalue weighted by atomic mass is 32.1. The van der Waals surface area contributed by atoms with Crippen molar-refractivity contribution in [1.82, 2.24) is 4.98 Å². The lowest BCUT2D eigenvalue weighted by Gasteiger charge is -2.11. The number of carbonyl (C=O) groups is 3. The van der Waals surface area contributed by atoms with Crippen molar-refractivity contribution in [2.24, 2.45) is 0 Å². The van der Waals surface area contributed by atoms with Gasteiger partial charge in [-0.15, -0.1) is 11.3 Å². The Balaban J connectivity index is 1.75. The summed E-state index contributed by atoms with van der Waals surface area (Å²) in [5, 5.41) is 0. The molecule has 2 aromatic heterocycles. The molecule has 25 heavy (non-hydrogen) atoms. The molecule has 5 nitrogen and oxygen atoms in total. The van der Waals surface area contributed by atoms with E-state index in [9.17, 15) is 14.4 Å². The summed E-state index contributed by atoms with van der Waals surface area (Å²) in [6, 6.07) is 1.88. The molecule has 6 heteroatoms. The van der Waals surface area contributed by atoms with Gasteiger partial charge in [0.05, 0.1) is 5.69 Å². The first-order valence-electron chi connectivity index (χ1n) is 8.36. The van der Waals surface area contributed by atoms with Gasteiger partial charge < -0.3 is 9.72 Å². The van der Waals surface area contributed by atoms with Crippen LogP contribution in [0.4, 0.5) is 0 Å². The van der Waals surface area contributed by atoms with Crippen LogP contribution in [0, 0.1) is 13.8 Å². The highest BCUT2D eigenvalue weighted by Crippen LogP contribution is 2.31. The van der Waals surface area contributed by atoms with E-state index in [1.807, 2.05) is 6.07 Å². The quantitative estimate of drug-likeness (QED) is 0.650. The predicted octanol–water partition coefficient (Wildman–Crippen LogP) is 3.81. The van der Waals surface area contributed by atoms with E-state index >= 15 is 0 Å². The largest absolute Gasteiger partial charge is 0.450 e. The van der Waals surface area contributed by atoms with E-state index in [4.69, 9.17) is 4.74 Å². The van der Waals surface area contributed by atoms with E-state index < -0.39 is 12.1 Å². The van der Waals surface area contributed by atoms with Crippen LogP contribution in [0.3, 0.4) is 0 Å². The number of hydrogen-bond acceptors (Lipinski definition) is 5. The highest BCUT2D eigenvalue weighted by molar-refractivity contribution is 7.14. The number of ether oxygens (including phenoxy) is 1. The molecule has 1 aliphatic carbocycles. The molecule has 2 heterocycles. The van der Waals surface area contributed by atoms with Crippen molar-refractivity contribution in [3.05, 3.63) is 43.9 Å². The molecule has 0 fully saturated rings. The van der Waals surface area contributed by atoms with E-state index in [0.717, 1.165) is 19.3 Å². The van der Waals surface area contributed by atoms with Gasteiger partial charge in [-0.3, -0.25) is 9.59 Å². The van der Waals surface area contributed by atoms with Crippen molar-refractivity contribution in [2.75, 3.05) is 0 Å². The summed E-state index contributed by atoms with van der Waals surface area (Å²) in [5.41, 5.74) is 3.33. The van der Waals surface area contributed by atoms with Gasteiger partial charge in [-0.25, -0.2) is 4.79 Å². The Morgan fingerprint density at radius 2 is 1.96 bits per heavy atom. The molecule has 3 rings (SSSR count). The number of aromatic amines is 1. The lowest BCUT2D eigenvalue weighted by atomic mass is 10.0. The molecule has 0 aliphatic heterocycles. The summed E-state index contributed by atoms with van der Waals surface area (Å²) >= 11 is 1.45. The lowest BCUT2D eigenvalue weighted by Crippen LogP contribution is -2.25. The Kier molecular flexibility index (Phi) is 4.64. The Hall–Kier alpha value is -2.21. The van der Waals surface area contributed by atoms with Crippen molar-refractivity contribution in [2.45, 2.75) is 53.1 Å². The van der Waals surface area contributed by atoms with Crippen molar-refractivity contribution >= 4 is 28.9 Å². The first-order chi connectivity index (χ1) is 11.8. The Bertz CT molecular complexity index is 853. The molecule has 0 bridgehead atoms. The van der Waals surface area contributed by atoms with Crippen LogP contribution in [0.25, 0.3) is 0 Å². The number of esters is 1. The normalized spacial score (nSPS) is 14.2. The fraction of sp³-hybridized carbons (Fsp3) is 0.421. The van der Waals surface area contributed by atoms with E-state index in [-0.39, 0.29) is 11.6 Å². The summed E-state index contributed by atoms with van der Waals surface area (Å²) in [6.45, 7) is 6.51. The van der Waals surface area contributed by atoms with Crippen LogP contribution >= 0.6 is 11.3 Å². The van der Waals surface area contributed by atoms with Crippen LogP contribution in [0.2, 0.25) is 0 Å². The summed E-state index contributed by atoms with van der Waals surface area (Å²) in [4.78, 5) is 41.4. The number of nitrogens with one attached hydrogen (secondary N) is 1. The average molecular weight is 359 g/mol. The Morgan fingerprint density at radius 3 is 2.56 bits per heavy atom. The second-order valence-corrected chi connectivity index (χ2v) is 7.64. The molecule has 1 N–H and O–H groups in total. The van der Waals surface area contributed by atoms with E-state index in [2.05, 4.69) is 4.98 Å². The van der Waals surface area contributed by atoms with E-state index in [1.165, 1.54) is 28.7 Å². The van der Waals surface area contributed by atoms with Gasteiger partial charge in [-0.05, 0) is 64.2 Å². The standard InChI is InChI=1S/C19H21NO4S/c1-9-16(11(3)21)10(2)20-17(9)18(22)12(4)24-19(23)15-8-13-6-5-7-14(13)25-15/h8,12,20H,5-7H2,1-4H3/t12-/m1/s1. The maximum Gasteiger partial charge on any atom is 0.349 e. The number of Topliss-reactive ketones (excluding diaryl/α,β-unsaturated/α-hetero) is 2. The van der Waals surface area contributed by atoms with Gasteiger partial charge >= 0.3 is 5.97 Å². The van der Waals surface area contributed by atoms with E-state index in [0.29, 0.717) is 27.4 Å². The molecule has 0 saturated heterocycles. The molecular weight excluding hydrogens is 338 g/mol. The van der Waals surface area contributed by atoms with Crippen LogP contribution in [0.15, 0.2) is 6.07 Å². The van der Waals surface area contributed by atoms with Gasteiger partial charge in [-0.1, -0.05) is 0 Å². The van der Waals surface area contributed by atoms with Gasteiger partial charge in [0.2, 0.25) is 5.78 Å². The first-order valence-corrected chi connectivity index (χ1v) is 9.18. The maximum atomic E-state index is 12.6. The van der Waals surface area contributed by atoms with Crippen molar-refractivity contribution in [1.29, 1.82) is 0 Å². The minimum absolute atomic E-state index is 0.0944. The molecule has 2 aromatic rings. The molecule has 0 radical (unpaired) electrons. The lowest BCUT2D eigenvalue weighted by molar-refractivity contribution is 0.0321. The Morgan fingerprint density at radius 1 is 1.24 bits per heavy atom. The average Bonchev–Trinajstić information content (AvgIpc) is 3.19. The third-order valence-corrected chi connectivity index (χ3v) is 5.85. The van der Waals surface area contributed by atoms with Crippen molar-refractivity contribution < 1.29 is 19.1 Å². The molecule has 0 aromatic carbocycles. The maximum absolute atomic E-state index is 12.6. The molecule has 0 unspecified atom stereocenters. The van der Waals surface area contributed by atoms with Crippen LogP contribution in [-0.2, 0) is 17.6 Å². The number of thiophene rings is 1. The van der Waals surface area contributed by atoms with Gasteiger partial charge in [0.25, 0.3) is 0 Å². The second-order valence-electron chi connectivity index (χ2n) is 6.51. The van der Waals surface area contributed by atoms with Crippen LogP contribution in [0.1, 0.15) is 72.5 Å². The number of hydrogen-bond donors (Lipinski definition) is 1. The minimum atomic E-state index is -0.916. The first kappa shape index (κ1) is 17.6. The van der Waals surface area contributed by atoms with Crippen molar-refractivity contribution in [3.63, 3.8) is 0 Å². The highest BCUT2D eigenvalue weighted by Gasteiger charge is 2.27. The van der Waals surface area contributed by atoms with Gasteiger partial charge in [0.15, 0.2) is 11.9 Å². The molecule has 0 spiro atoms. The molecule has 1 atom stereocenters. The molecule has 132 valence electrons.